The number of anilines is 1. The van der Waals surface area contributed by atoms with E-state index in [9.17, 15) is 0 Å². The Balaban J connectivity index is 2.18. The van der Waals surface area contributed by atoms with Crippen LogP contribution in [0.2, 0.25) is 0 Å². The predicted octanol–water partition coefficient (Wildman–Crippen LogP) is 4.53. The van der Waals surface area contributed by atoms with Crippen molar-refractivity contribution in [3.8, 4) is 11.3 Å². The first kappa shape index (κ1) is 13.6. The standard InChI is InChI=1S/C19H20N2/c1-4-16-13-15-7-5-6-8-18(15)19(20-16)14-9-11-17(12-10-14)21(2)3/h5-13H,4H2,1-3H3. The van der Waals surface area contributed by atoms with Gasteiger partial charge < -0.3 is 4.90 Å². The average molecular weight is 276 g/mol. The summed E-state index contributed by atoms with van der Waals surface area (Å²) in [6, 6.07) is 19.3. The van der Waals surface area contributed by atoms with E-state index in [4.69, 9.17) is 4.98 Å². The molecule has 21 heavy (non-hydrogen) atoms. The lowest BCUT2D eigenvalue weighted by Gasteiger charge is -2.13. The van der Waals surface area contributed by atoms with Gasteiger partial charge in [0.2, 0.25) is 0 Å². The Morgan fingerprint density at radius 3 is 2.33 bits per heavy atom. The topological polar surface area (TPSA) is 16.1 Å². The van der Waals surface area contributed by atoms with Crippen molar-refractivity contribution in [3.63, 3.8) is 0 Å². The molecule has 0 spiro atoms. The first-order valence-electron chi connectivity index (χ1n) is 7.35. The highest BCUT2D eigenvalue weighted by Crippen LogP contribution is 2.29. The molecule has 106 valence electrons. The van der Waals surface area contributed by atoms with E-state index in [-0.39, 0.29) is 0 Å². The van der Waals surface area contributed by atoms with E-state index in [1.165, 1.54) is 22.0 Å². The molecule has 0 aliphatic heterocycles. The van der Waals surface area contributed by atoms with Gasteiger partial charge in [0.25, 0.3) is 0 Å². The fourth-order valence-corrected chi connectivity index (χ4v) is 2.57. The molecule has 3 aromatic rings. The molecule has 0 saturated carbocycles. The van der Waals surface area contributed by atoms with Gasteiger partial charge in [-0.25, -0.2) is 0 Å². The van der Waals surface area contributed by atoms with Gasteiger partial charge in [-0.1, -0.05) is 43.3 Å². The van der Waals surface area contributed by atoms with Crippen molar-refractivity contribution in [1.29, 1.82) is 0 Å². The number of nitrogens with zero attached hydrogens (tertiary/aromatic N) is 2. The SMILES string of the molecule is CCc1cc2ccccc2c(-c2ccc(N(C)C)cc2)n1. The normalized spacial score (nSPS) is 10.8. The predicted molar refractivity (Wildman–Crippen MR) is 90.9 cm³/mol. The maximum absolute atomic E-state index is 4.85. The van der Waals surface area contributed by atoms with Gasteiger partial charge in [0.05, 0.1) is 5.69 Å². The van der Waals surface area contributed by atoms with Gasteiger partial charge in [-0.2, -0.15) is 0 Å². The van der Waals surface area contributed by atoms with E-state index in [2.05, 4.69) is 80.5 Å². The van der Waals surface area contributed by atoms with E-state index in [0.29, 0.717) is 0 Å². The highest BCUT2D eigenvalue weighted by atomic mass is 15.1. The lowest BCUT2D eigenvalue weighted by atomic mass is 10.0. The van der Waals surface area contributed by atoms with Crippen molar-refractivity contribution in [2.45, 2.75) is 13.3 Å². The van der Waals surface area contributed by atoms with Crippen LogP contribution in [-0.2, 0) is 6.42 Å². The minimum Gasteiger partial charge on any atom is -0.378 e. The molecule has 0 amide bonds. The van der Waals surface area contributed by atoms with E-state index in [0.717, 1.165) is 17.8 Å². The number of hydrogen-bond acceptors (Lipinski definition) is 2. The molecule has 2 nitrogen and oxygen atoms in total. The summed E-state index contributed by atoms with van der Waals surface area (Å²) < 4.78 is 0. The molecule has 0 aliphatic rings. The summed E-state index contributed by atoms with van der Waals surface area (Å²) in [4.78, 5) is 6.96. The van der Waals surface area contributed by atoms with Gasteiger partial charge in [-0.3, -0.25) is 4.98 Å². The molecule has 3 rings (SSSR count). The summed E-state index contributed by atoms with van der Waals surface area (Å²) in [6.45, 7) is 2.15. The average Bonchev–Trinajstić information content (AvgIpc) is 2.53. The molecule has 0 unspecified atom stereocenters. The molecular formula is C19H20N2. The van der Waals surface area contributed by atoms with Gasteiger partial charge in [0.1, 0.15) is 0 Å². The van der Waals surface area contributed by atoms with Crippen LogP contribution in [0.15, 0.2) is 54.6 Å². The molecule has 0 aliphatic carbocycles. The molecule has 0 N–H and O–H groups in total. The summed E-state index contributed by atoms with van der Waals surface area (Å²) in [7, 11) is 4.11. The van der Waals surface area contributed by atoms with Gasteiger partial charge >= 0.3 is 0 Å². The Bertz CT molecular complexity index is 758. The first-order valence-corrected chi connectivity index (χ1v) is 7.35. The molecule has 0 radical (unpaired) electrons. The summed E-state index contributed by atoms with van der Waals surface area (Å²) in [6.07, 6.45) is 0.952. The molecule has 1 aromatic heterocycles. The van der Waals surface area contributed by atoms with E-state index in [1.54, 1.807) is 0 Å². The van der Waals surface area contributed by atoms with Crippen LogP contribution < -0.4 is 4.90 Å². The third-order valence-corrected chi connectivity index (χ3v) is 3.81. The lowest BCUT2D eigenvalue weighted by molar-refractivity contribution is 1.05. The van der Waals surface area contributed by atoms with Crippen LogP contribution in [0.3, 0.4) is 0 Å². The molecular weight excluding hydrogens is 256 g/mol. The number of fused-ring (bicyclic) bond motifs is 1. The summed E-state index contributed by atoms with van der Waals surface area (Å²) in [5, 5.41) is 2.48. The van der Waals surface area contributed by atoms with Crippen molar-refractivity contribution in [1.82, 2.24) is 4.98 Å². The fraction of sp³-hybridized carbons (Fsp3) is 0.211. The second-order valence-electron chi connectivity index (χ2n) is 5.48. The fourth-order valence-electron chi connectivity index (χ4n) is 2.57. The number of aryl methyl sites for hydroxylation is 1. The van der Waals surface area contributed by atoms with Crippen LogP contribution in [0, 0.1) is 0 Å². The summed E-state index contributed by atoms with van der Waals surface area (Å²) in [5.41, 5.74) is 4.59. The zero-order chi connectivity index (χ0) is 14.8. The van der Waals surface area contributed by atoms with Gasteiger partial charge in [0.15, 0.2) is 0 Å². The van der Waals surface area contributed by atoms with Crippen molar-refractivity contribution in [3.05, 3.63) is 60.3 Å². The van der Waals surface area contributed by atoms with Crippen LogP contribution in [0.5, 0.6) is 0 Å². The number of aromatic nitrogens is 1. The zero-order valence-corrected chi connectivity index (χ0v) is 12.8. The Morgan fingerprint density at radius 2 is 1.67 bits per heavy atom. The molecule has 0 bridgehead atoms. The monoisotopic (exact) mass is 276 g/mol. The lowest BCUT2D eigenvalue weighted by Crippen LogP contribution is -2.08. The molecule has 2 heteroatoms. The molecule has 1 heterocycles. The number of benzene rings is 2. The third-order valence-electron chi connectivity index (χ3n) is 3.81. The van der Waals surface area contributed by atoms with Gasteiger partial charge in [-0.05, 0) is 30.0 Å². The summed E-state index contributed by atoms with van der Waals surface area (Å²) in [5.74, 6) is 0. The number of pyridine rings is 1. The Morgan fingerprint density at radius 1 is 0.952 bits per heavy atom. The van der Waals surface area contributed by atoms with Crippen molar-refractivity contribution in [2.75, 3.05) is 19.0 Å². The van der Waals surface area contributed by atoms with Crippen LogP contribution in [-0.4, -0.2) is 19.1 Å². The largest absolute Gasteiger partial charge is 0.378 e. The van der Waals surface area contributed by atoms with E-state index < -0.39 is 0 Å². The van der Waals surface area contributed by atoms with Crippen molar-refractivity contribution >= 4 is 16.5 Å². The maximum Gasteiger partial charge on any atom is 0.0783 e. The van der Waals surface area contributed by atoms with Crippen LogP contribution in [0.1, 0.15) is 12.6 Å². The Hall–Kier alpha value is -2.35. The highest BCUT2D eigenvalue weighted by molar-refractivity contribution is 5.95. The minimum absolute atomic E-state index is 0.952. The maximum atomic E-state index is 4.85. The second-order valence-corrected chi connectivity index (χ2v) is 5.48. The van der Waals surface area contributed by atoms with Crippen LogP contribution in [0.25, 0.3) is 22.0 Å². The number of rotatable bonds is 3. The Labute approximate surface area is 126 Å². The third kappa shape index (κ3) is 2.62. The molecule has 2 aromatic carbocycles. The van der Waals surface area contributed by atoms with E-state index >= 15 is 0 Å². The van der Waals surface area contributed by atoms with E-state index in [1.807, 2.05) is 0 Å². The smallest absolute Gasteiger partial charge is 0.0783 e. The molecule has 0 atom stereocenters. The number of hydrogen-bond donors (Lipinski definition) is 0. The van der Waals surface area contributed by atoms with Crippen LogP contribution in [0.4, 0.5) is 5.69 Å². The Kier molecular flexibility index (Phi) is 3.61. The van der Waals surface area contributed by atoms with Gasteiger partial charge in [0, 0.05) is 36.4 Å². The van der Waals surface area contributed by atoms with Crippen molar-refractivity contribution < 1.29 is 0 Å². The van der Waals surface area contributed by atoms with Gasteiger partial charge in [-0.15, -0.1) is 0 Å². The second kappa shape index (κ2) is 5.57. The first-order chi connectivity index (χ1) is 10.2. The molecule has 0 fully saturated rings. The quantitative estimate of drug-likeness (QED) is 0.698. The highest BCUT2D eigenvalue weighted by Gasteiger charge is 2.08. The summed E-state index contributed by atoms with van der Waals surface area (Å²) >= 11 is 0. The molecule has 0 saturated heterocycles. The zero-order valence-electron chi connectivity index (χ0n) is 12.8. The van der Waals surface area contributed by atoms with Crippen LogP contribution >= 0.6 is 0 Å². The van der Waals surface area contributed by atoms with Crippen molar-refractivity contribution in [2.24, 2.45) is 0 Å². The minimum atomic E-state index is 0.952.